The maximum atomic E-state index is 11.7. The van der Waals surface area contributed by atoms with Gasteiger partial charge in [-0.2, -0.15) is 0 Å². The van der Waals surface area contributed by atoms with E-state index in [1.165, 1.54) is 0 Å². The zero-order chi connectivity index (χ0) is 23.5. The monoisotopic (exact) mass is 444 g/mol. The van der Waals surface area contributed by atoms with E-state index in [1.807, 2.05) is 65.6 Å². The lowest BCUT2D eigenvalue weighted by molar-refractivity contribution is -0.137. The Morgan fingerprint density at radius 2 is 1.79 bits per heavy atom. The van der Waals surface area contributed by atoms with Crippen molar-refractivity contribution in [3.8, 4) is 5.75 Å². The van der Waals surface area contributed by atoms with Crippen LogP contribution in [0.25, 0.3) is 10.8 Å². The van der Waals surface area contributed by atoms with E-state index in [-0.39, 0.29) is 24.3 Å². The molecule has 1 heterocycles. The van der Waals surface area contributed by atoms with Crippen molar-refractivity contribution in [2.75, 3.05) is 13.1 Å². The molecule has 33 heavy (non-hydrogen) atoms. The lowest BCUT2D eigenvalue weighted by Gasteiger charge is -2.19. The Morgan fingerprint density at radius 3 is 2.42 bits per heavy atom. The van der Waals surface area contributed by atoms with Crippen molar-refractivity contribution < 1.29 is 14.6 Å². The van der Waals surface area contributed by atoms with Crippen molar-refractivity contribution in [1.29, 1.82) is 10.8 Å². The molecule has 3 aromatic carbocycles. The van der Waals surface area contributed by atoms with Crippen LogP contribution in [-0.2, 0) is 4.79 Å². The number of ether oxygens (including phenoxy) is 1. The maximum Gasteiger partial charge on any atom is 0.304 e. The van der Waals surface area contributed by atoms with E-state index in [0.717, 1.165) is 40.6 Å². The van der Waals surface area contributed by atoms with E-state index in [4.69, 9.17) is 21.3 Å². The summed E-state index contributed by atoms with van der Waals surface area (Å²) in [5.74, 6) is 0.113. The molecule has 7 heteroatoms. The smallest absolute Gasteiger partial charge is 0.304 e. The minimum Gasteiger partial charge on any atom is -0.489 e. The maximum absolute atomic E-state index is 11.7. The van der Waals surface area contributed by atoms with Crippen LogP contribution in [0.3, 0.4) is 0 Å². The van der Waals surface area contributed by atoms with Crippen LogP contribution in [-0.4, -0.2) is 46.8 Å². The number of nitrogens with zero attached hydrogens (tertiary/aromatic N) is 1. The summed E-state index contributed by atoms with van der Waals surface area (Å²) in [6.45, 7) is 3.32. The highest BCUT2D eigenvalue weighted by molar-refractivity contribution is 5.99. The molecule has 1 fully saturated rings. The zero-order valence-corrected chi connectivity index (χ0v) is 18.5. The fourth-order valence-electron chi connectivity index (χ4n) is 4.35. The Morgan fingerprint density at radius 1 is 1.09 bits per heavy atom. The highest BCUT2D eigenvalue weighted by atomic mass is 16.5. The second-order valence-corrected chi connectivity index (χ2v) is 8.51. The number of nitrogens with one attached hydrogen (secondary N) is 2. The lowest BCUT2D eigenvalue weighted by atomic mass is 9.87. The van der Waals surface area contributed by atoms with Crippen molar-refractivity contribution in [1.82, 2.24) is 4.90 Å². The third-order valence-electron chi connectivity index (χ3n) is 6.16. The number of fused-ring (bicyclic) bond motifs is 1. The first kappa shape index (κ1) is 22.3. The van der Waals surface area contributed by atoms with Gasteiger partial charge in [0.25, 0.3) is 0 Å². The molecule has 1 aliphatic heterocycles. The van der Waals surface area contributed by atoms with E-state index < -0.39 is 5.97 Å². The Hall–Kier alpha value is -3.87. The van der Waals surface area contributed by atoms with Gasteiger partial charge in [0.1, 0.15) is 17.7 Å². The second-order valence-electron chi connectivity index (χ2n) is 8.51. The number of amidine groups is 2. The van der Waals surface area contributed by atoms with Crippen molar-refractivity contribution in [2.24, 2.45) is 5.73 Å². The molecule has 0 saturated carbocycles. The number of benzene rings is 3. The first-order valence-corrected chi connectivity index (χ1v) is 11.0. The van der Waals surface area contributed by atoms with Gasteiger partial charge in [-0.1, -0.05) is 42.5 Å². The SMILES string of the molecule is CC(=N)N1CC[C@H](Oc2ccc([C@H](CC(=O)O)c3ccc4ccc(C(=N)N)cc4c3)cc2)C1. The third-order valence-corrected chi connectivity index (χ3v) is 6.16. The van der Waals surface area contributed by atoms with Gasteiger partial charge in [-0.3, -0.25) is 15.6 Å². The molecule has 3 aromatic rings. The summed E-state index contributed by atoms with van der Waals surface area (Å²) in [5, 5.41) is 26.9. The molecule has 0 amide bonds. The van der Waals surface area contributed by atoms with Gasteiger partial charge in [0.15, 0.2) is 0 Å². The first-order valence-electron chi connectivity index (χ1n) is 11.0. The van der Waals surface area contributed by atoms with Crippen LogP contribution in [0.4, 0.5) is 0 Å². The van der Waals surface area contributed by atoms with Gasteiger partial charge in [-0.05, 0) is 47.0 Å². The summed E-state index contributed by atoms with van der Waals surface area (Å²) in [4.78, 5) is 13.7. The standard InChI is InChI=1S/C26H28N4O3/c1-16(27)30-11-10-23(15-30)33-22-8-6-18(7-9-22)24(14-25(31)32)19-4-2-17-3-5-20(26(28)29)13-21(17)12-19/h2-9,12-13,23-24,27H,10-11,14-15H2,1H3,(H3,28,29)(H,31,32)/t23-,24-/m0/s1. The summed E-state index contributed by atoms with van der Waals surface area (Å²) in [5.41, 5.74) is 8.07. The van der Waals surface area contributed by atoms with Gasteiger partial charge in [0.2, 0.25) is 0 Å². The summed E-state index contributed by atoms with van der Waals surface area (Å²) < 4.78 is 6.08. The third kappa shape index (κ3) is 5.14. The van der Waals surface area contributed by atoms with Crippen LogP contribution in [0.5, 0.6) is 5.75 Å². The molecular formula is C26H28N4O3. The van der Waals surface area contributed by atoms with E-state index in [1.54, 1.807) is 6.92 Å². The highest BCUT2D eigenvalue weighted by Gasteiger charge is 2.24. The highest BCUT2D eigenvalue weighted by Crippen LogP contribution is 2.32. The number of carboxylic acid groups (broad SMARTS) is 1. The fraction of sp³-hybridized carbons (Fsp3) is 0.269. The Labute approximate surface area is 192 Å². The van der Waals surface area contributed by atoms with Crippen molar-refractivity contribution in [2.45, 2.75) is 31.8 Å². The van der Waals surface area contributed by atoms with Crippen LogP contribution < -0.4 is 10.5 Å². The lowest BCUT2D eigenvalue weighted by Crippen LogP contribution is -2.28. The molecule has 0 radical (unpaired) electrons. The second kappa shape index (κ2) is 9.32. The largest absolute Gasteiger partial charge is 0.489 e. The van der Waals surface area contributed by atoms with Gasteiger partial charge in [-0.15, -0.1) is 0 Å². The molecule has 0 aliphatic carbocycles. The molecule has 170 valence electrons. The molecule has 1 saturated heterocycles. The van der Waals surface area contributed by atoms with Gasteiger partial charge in [-0.25, -0.2) is 0 Å². The summed E-state index contributed by atoms with van der Waals surface area (Å²) in [6.07, 6.45) is 0.884. The zero-order valence-electron chi connectivity index (χ0n) is 18.5. The Balaban J connectivity index is 1.58. The van der Waals surface area contributed by atoms with Crippen LogP contribution >= 0.6 is 0 Å². The minimum atomic E-state index is -0.869. The number of carbonyl (C=O) groups is 1. The average molecular weight is 445 g/mol. The predicted octanol–water partition coefficient (Wildman–Crippen LogP) is 4.18. The number of hydrogen-bond acceptors (Lipinski definition) is 4. The van der Waals surface area contributed by atoms with Gasteiger partial charge in [0, 0.05) is 24.4 Å². The molecule has 7 nitrogen and oxygen atoms in total. The van der Waals surface area contributed by atoms with E-state index in [2.05, 4.69) is 0 Å². The van der Waals surface area contributed by atoms with E-state index in [9.17, 15) is 9.90 Å². The first-order chi connectivity index (χ1) is 15.8. The number of hydrogen-bond donors (Lipinski definition) is 4. The Kier molecular flexibility index (Phi) is 6.31. The van der Waals surface area contributed by atoms with Gasteiger partial charge >= 0.3 is 5.97 Å². The minimum absolute atomic E-state index is 0.00105. The average Bonchev–Trinajstić information content (AvgIpc) is 3.26. The number of nitrogen functional groups attached to an aromatic ring is 1. The van der Waals surface area contributed by atoms with Crippen LogP contribution in [0.1, 0.15) is 42.4 Å². The summed E-state index contributed by atoms with van der Waals surface area (Å²) in [7, 11) is 0. The number of rotatable bonds is 7. The molecule has 0 bridgehead atoms. The van der Waals surface area contributed by atoms with Crippen molar-refractivity contribution >= 4 is 28.4 Å². The van der Waals surface area contributed by atoms with Crippen LogP contribution in [0.2, 0.25) is 0 Å². The number of nitrogens with two attached hydrogens (primary N) is 1. The molecule has 0 aromatic heterocycles. The van der Waals surface area contributed by atoms with Gasteiger partial charge in [0.05, 0.1) is 18.8 Å². The van der Waals surface area contributed by atoms with Crippen LogP contribution in [0.15, 0.2) is 60.7 Å². The fourth-order valence-corrected chi connectivity index (χ4v) is 4.35. The number of likely N-dealkylation sites (tertiary alicyclic amines) is 1. The van der Waals surface area contributed by atoms with Crippen LogP contribution in [0, 0.1) is 10.8 Å². The molecule has 0 spiro atoms. The molecule has 0 unspecified atom stereocenters. The van der Waals surface area contributed by atoms with Crippen molar-refractivity contribution in [3.63, 3.8) is 0 Å². The topological polar surface area (TPSA) is 123 Å². The number of aliphatic carboxylic acids is 1. The molecule has 2 atom stereocenters. The Bertz CT molecular complexity index is 1210. The molecular weight excluding hydrogens is 416 g/mol. The van der Waals surface area contributed by atoms with Gasteiger partial charge < -0.3 is 20.5 Å². The molecule has 5 N–H and O–H groups in total. The predicted molar refractivity (Wildman–Crippen MR) is 130 cm³/mol. The van der Waals surface area contributed by atoms with Crippen molar-refractivity contribution in [3.05, 3.63) is 77.4 Å². The normalized spacial score (nSPS) is 16.5. The molecule has 4 rings (SSSR count). The van der Waals surface area contributed by atoms with E-state index >= 15 is 0 Å². The summed E-state index contributed by atoms with van der Waals surface area (Å²) >= 11 is 0. The quantitative estimate of drug-likeness (QED) is 0.321. The number of carboxylic acids is 1. The van der Waals surface area contributed by atoms with E-state index in [0.29, 0.717) is 17.9 Å². The summed E-state index contributed by atoms with van der Waals surface area (Å²) in [6, 6.07) is 19.1. The molecule has 1 aliphatic rings.